The van der Waals surface area contributed by atoms with Gasteiger partial charge in [0.25, 0.3) is 5.91 Å². The quantitative estimate of drug-likeness (QED) is 0.841. The first-order chi connectivity index (χ1) is 10.6. The highest BCUT2D eigenvalue weighted by Crippen LogP contribution is 2.13. The molecule has 0 unspecified atom stereocenters. The molecule has 1 heterocycles. The van der Waals surface area contributed by atoms with E-state index < -0.39 is 0 Å². The summed E-state index contributed by atoms with van der Waals surface area (Å²) in [5.41, 5.74) is 6.74. The van der Waals surface area contributed by atoms with Crippen molar-refractivity contribution >= 4 is 17.5 Å². The minimum atomic E-state index is -0.0522. The molecule has 0 spiro atoms. The second-order valence-corrected chi connectivity index (χ2v) is 5.61. The van der Waals surface area contributed by atoms with E-state index in [0.29, 0.717) is 30.6 Å². The van der Waals surface area contributed by atoms with Crippen LogP contribution in [0.1, 0.15) is 23.2 Å². The van der Waals surface area contributed by atoms with Crippen molar-refractivity contribution in [3.05, 3.63) is 29.8 Å². The summed E-state index contributed by atoms with van der Waals surface area (Å²) in [5, 5.41) is 2.80. The fourth-order valence-corrected chi connectivity index (χ4v) is 2.37. The summed E-state index contributed by atoms with van der Waals surface area (Å²) in [6, 6.07) is 7.06. The molecule has 0 aromatic heterocycles. The van der Waals surface area contributed by atoms with Gasteiger partial charge in [-0.05, 0) is 44.3 Å². The number of carbonyl (C=O) groups is 2. The normalized spacial score (nSPS) is 15.6. The van der Waals surface area contributed by atoms with Crippen molar-refractivity contribution in [2.24, 2.45) is 5.73 Å². The summed E-state index contributed by atoms with van der Waals surface area (Å²) in [5.74, 6) is -0.00213. The lowest BCUT2D eigenvalue weighted by Crippen LogP contribution is -2.47. The summed E-state index contributed by atoms with van der Waals surface area (Å²) in [6.45, 7) is 3.83. The molecule has 120 valence electrons. The van der Waals surface area contributed by atoms with Crippen LogP contribution in [0, 0.1) is 0 Å². The number of hydrogen-bond acceptors (Lipinski definition) is 4. The Bertz CT molecular complexity index is 507. The molecule has 1 aliphatic heterocycles. The zero-order valence-corrected chi connectivity index (χ0v) is 13.0. The third kappa shape index (κ3) is 4.54. The second kappa shape index (κ2) is 7.91. The minimum absolute atomic E-state index is 0.0501. The van der Waals surface area contributed by atoms with Gasteiger partial charge in [0.2, 0.25) is 5.91 Å². The van der Waals surface area contributed by atoms with Crippen molar-refractivity contribution in [2.45, 2.75) is 12.8 Å². The molecule has 1 saturated heterocycles. The van der Waals surface area contributed by atoms with Crippen molar-refractivity contribution in [2.75, 3.05) is 45.1 Å². The van der Waals surface area contributed by atoms with Gasteiger partial charge >= 0.3 is 0 Å². The number of hydrogen-bond donors (Lipinski definition) is 2. The number of benzene rings is 1. The number of likely N-dealkylation sites (N-methyl/N-ethyl adjacent to an activating group) is 1. The molecular weight excluding hydrogens is 280 g/mol. The Morgan fingerprint density at radius 2 is 1.77 bits per heavy atom. The molecule has 1 aliphatic rings. The van der Waals surface area contributed by atoms with Gasteiger partial charge in [-0.2, -0.15) is 0 Å². The van der Waals surface area contributed by atoms with E-state index in [1.54, 1.807) is 24.3 Å². The SMILES string of the molecule is CN1CCN(C(=O)c2ccc(NC(=O)CCCN)cc2)CC1. The molecule has 1 aromatic carbocycles. The van der Waals surface area contributed by atoms with Crippen LogP contribution in [0.5, 0.6) is 0 Å². The van der Waals surface area contributed by atoms with Gasteiger partial charge in [0.15, 0.2) is 0 Å². The Morgan fingerprint density at radius 1 is 1.14 bits per heavy atom. The molecule has 2 amide bonds. The summed E-state index contributed by atoms with van der Waals surface area (Å²) < 4.78 is 0. The minimum Gasteiger partial charge on any atom is -0.336 e. The van der Waals surface area contributed by atoms with E-state index in [1.165, 1.54) is 0 Å². The third-order valence-electron chi connectivity index (χ3n) is 3.81. The first-order valence-electron chi connectivity index (χ1n) is 7.68. The maximum atomic E-state index is 12.4. The smallest absolute Gasteiger partial charge is 0.253 e. The molecule has 0 radical (unpaired) electrons. The molecule has 0 aliphatic carbocycles. The van der Waals surface area contributed by atoms with E-state index in [4.69, 9.17) is 5.73 Å². The maximum absolute atomic E-state index is 12.4. The fourth-order valence-electron chi connectivity index (χ4n) is 2.37. The third-order valence-corrected chi connectivity index (χ3v) is 3.81. The number of nitrogens with two attached hydrogens (primary N) is 1. The van der Waals surface area contributed by atoms with Crippen molar-refractivity contribution in [1.82, 2.24) is 9.80 Å². The molecule has 3 N–H and O–H groups in total. The van der Waals surface area contributed by atoms with Crippen LogP contribution < -0.4 is 11.1 Å². The van der Waals surface area contributed by atoms with Crippen LogP contribution in [-0.4, -0.2) is 61.4 Å². The molecule has 2 rings (SSSR count). The van der Waals surface area contributed by atoms with Crippen LogP contribution in [0.4, 0.5) is 5.69 Å². The Labute approximate surface area is 131 Å². The number of nitrogens with zero attached hydrogens (tertiary/aromatic N) is 2. The standard InChI is InChI=1S/C16H24N4O2/c1-19-9-11-20(12-10-19)16(22)13-4-6-14(7-5-13)18-15(21)3-2-8-17/h4-7H,2-3,8-12,17H2,1H3,(H,18,21). The maximum Gasteiger partial charge on any atom is 0.253 e. The average Bonchev–Trinajstić information content (AvgIpc) is 2.54. The molecule has 22 heavy (non-hydrogen) atoms. The summed E-state index contributed by atoms with van der Waals surface area (Å²) in [4.78, 5) is 28.1. The first kappa shape index (κ1) is 16.5. The monoisotopic (exact) mass is 304 g/mol. The number of rotatable bonds is 5. The van der Waals surface area contributed by atoms with E-state index in [-0.39, 0.29) is 11.8 Å². The molecule has 6 heteroatoms. The highest BCUT2D eigenvalue weighted by atomic mass is 16.2. The van der Waals surface area contributed by atoms with Crippen LogP contribution in [0.15, 0.2) is 24.3 Å². The van der Waals surface area contributed by atoms with Gasteiger partial charge in [-0.1, -0.05) is 0 Å². The van der Waals surface area contributed by atoms with Gasteiger partial charge in [0.1, 0.15) is 0 Å². The summed E-state index contributed by atoms with van der Waals surface area (Å²) in [7, 11) is 2.06. The Balaban J connectivity index is 1.91. The van der Waals surface area contributed by atoms with Crippen LogP contribution in [0.25, 0.3) is 0 Å². The van der Waals surface area contributed by atoms with E-state index in [9.17, 15) is 9.59 Å². The zero-order chi connectivity index (χ0) is 15.9. The number of carbonyl (C=O) groups excluding carboxylic acids is 2. The van der Waals surface area contributed by atoms with Gasteiger partial charge in [-0.25, -0.2) is 0 Å². The lowest BCUT2D eigenvalue weighted by atomic mass is 10.1. The Morgan fingerprint density at radius 3 is 2.36 bits per heavy atom. The molecule has 1 fully saturated rings. The predicted molar refractivity (Wildman–Crippen MR) is 86.8 cm³/mol. The van der Waals surface area contributed by atoms with Gasteiger partial charge in [0.05, 0.1) is 0 Å². The highest BCUT2D eigenvalue weighted by molar-refractivity contribution is 5.95. The Hall–Kier alpha value is -1.92. The van der Waals surface area contributed by atoms with E-state index >= 15 is 0 Å². The number of anilines is 1. The molecule has 0 atom stereocenters. The van der Waals surface area contributed by atoms with Gasteiger partial charge in [-0.3, -0.25) is 9.59 Å². The number of amides is 2. The van der Waals surface area contributed by atoms with E-state index in [2.05, 4.69) is 17.3 Å². The first-order valence-corrected chi connectivity index (χ1v) is 7.68. The van der Waals surface area contributed by atoms with E-state index in [0.717, 1.165) is 26.2 Å². The van der Waals surface area contributed by atoms with Crippen molar-refractivity contribution in [1.29, 1.82) is 0 Å². The Kier molecular flexibility index (Phi) is 5.91. The summed E-state index contributed by atoms with van der Waals surface area (Å²) in [6.07, 6.45) is 1.09. The second-order valence-electron chi connectivity index (χ2n) is 5.61. The largest absolute Gasteiger partial charge is 0.336 e. The highest BCUT2D eigenvalue weighted by Gasteiger charge is 2.20. The lowest BCUT2D eigenvalue weighted by molar-refractivity contribution is -0.116. The lowest BCUT2D eigenvalue weighted by Gasteiger charge is -2.32. The van der Waals surface area contributed by atoms with Crippen molar-refractivity contribution in [3.8, 4) is 0 Å². The number of nitrogens with one attached hydrogen (secondary N) is 1. The zero-order valence-electron chi connectivity index (χ0n) is 13.0. The molecule has 1 aromatic rings. The molecular formula is C16H24N4O2. The molecule has 0 saturated carbocycles. The van der Waals surface area contributed by atoms with Crippen LogP contribution >= 0.6 is 0 Å². The van der Waals surface area contributed by atoms with Crippen molar-refractivity contribution in [3.63, 3.8) is 0 Å². The van der Waals surface area contributed by atoms with Crippen molar-refractivity contribution < 1.29 is 9.59 Å². The fraction of sp³-hybridized carbons (Fsp3) is 0.500. The molecule has 6 nitrogen and oxygen atoms in total. The average molecular weight is 304 g/mol. The molecule has 0 bridgehead atoms. The van der Waals surface area contributed by atoms with Crippen LogP contribution in [0.2, 0.25) is 0 Å². The van der Waals surface area contributed by atoms with Crippen LogP contribution in [0.3, 0.4) is 0 Å². The summed E-state index contributed by atoms with van der Waals surface area (Å²) >= 11 is 0. The predicted octanol–water partition coefficient (Wildman–Crippen LogP) is 0.752. The topological polar surface area (TPSA) is 78.7 Å². The van der Waals surface area contributed by atoms with Gasteiger partial charge in [0, 0.05) is 43.9 Å². The van der Waals surface area contributed by atoms with Gasteiger partial charge < -0.3 is 20.9 Å². The van der Waals surface area contributed by atoms with Crippen LogP contribution in [-0.2, 0) is 4.79 Å². The number of piperazine rings is 1. The van der Waals surface area contributed by atoms with Gasteiger partial charge in [-0.15, -0.1) is 0 Å². The van der Waals surface area contributed by atoms with E-state index in [1.807, 2.05) is 4.90 Å².